The average Bonchev–Trinajstić information content (AvgIpc) is 2.39. The predicted molar refractivity (Wildman–Crippen MR) is 67.6 cm³/mol. The standard InChI is InChI=1S/C13H14N2O2/c16-13-11(15-7-5-14-6-8-15)9-10-3-1-2-4-12(10)17-13/h1-4,9,14H,5-8H2. The van der Waals surface area contributed by atoms with E-state index in [-0.39, 0.29) is 5.63 Å². The molecule has 2 aromatic rings. The zero-order valence-electron chi connectivity index (χ0n) is 9.48. The third-order valence-corrected chi connectivity index (χ3v) is 3.08. The second-order valence-electron chi connectivity index (χ2n) is 4.19. The summed E-state index contributed by atoms with van der Waals surface area (Å²) >= 11 is 0. The summed E-state index contributed by atoms with van der Waals surface area (Å²) in [7, 11) is 0. The molecule has 0 bridgehead atoms. The van der Waals surface area contributed by atoms with Gasteiger partial charge in [-0.2, -0.15) is 0 Å². The monoisotopic (exact) mass is 230 g/mol. The number of anilines is 1. The Hall–Kier alpha value is -1.81. The lowest BCUT2D eigenvalue weighted by atomic mass is 10.2. The molecule has 17 heavy (non-hydrogen) atoms. The first kappa shape index (κ1) is 10.4. The van der Waals surface area contributed by atoms with E-state index in [0.717, 1.165) is 31.6 Å². The van der Waals surface area contributed by atoms with Gasteiger partial charge in [0, 0.05) is 31.6 Å². The highest BCUT2D eigenvalue weighted by atomic mass is 16.4. The first-order valence-electron chi connectivity index (χ1n) is 5.83. The number of hydrogen-bond acceptors (Lipinski definition) is 4. The lowest BCUT2D eigenvalue weighted by molar-refractivity contribution is 0.541. The summed E-state index contributed by atoms with van der Waals surface area (Å²) in [6, 6.07) is 9.52. The van der Waals surface area contributed by atoms with E-state index in [0.29, 0.717) is 11.3 Å². The van der Waals surface area contributed by atoms with E-state index < -0.39 is 0 Å². The van der Waals surface area contributed by atoms with Gasteiger partial charge in [0.15, 0.2) is 0 Å². The summed E-state index contributed by atoms with van der Waals surface area (Å²) < 4.78 is 5.33. The average molecular weight is 230 g/mol. The topological polar surface area (TPSA) is 45.5 Å². The normalized spacial score (nSPS) is 16.4. The van der Waals surface area contributed by atoms with Crippen LogP contribution in [0.25, 0.3) is 11.0 Å². The van der Waals surface area contributed by atoms with Crippen LogP contribution < -0.4 is 15.8 Å². The zero-order valence-corrected chi connectivity index (χ0v) is 9.48. The molecule has 0 amide bonds. The highest BCUT2D eigenvalue weighted by molar-refractivity contribution is 5.79. The summed E-state index contributed by atoms with van der Waals surface area (Å²) in [5, 5.41) is 4.24. The number of nitrogens with one attached hydrogen (secondary N) is 1. The Morgan fingerprint density at radius 1 is 1.18 bits per heavy atom. The molecule has 2 heterocycles. The molecule has 4 heteroatoms. The van der Waals surface area contributed by atoms with E-state index in [2.05, 4.69) is 10.2 Å². The number of piperazine rings is 1. The van der Waals surface area contributed by atoms with E-state index in [4.69, 9.17) is 4.42 Å². The first-order chi connectivity index (χ1) is 8.34. The number of nitrogens with zero attached hydrogens (tertiary/aromatic N) is 1. The molecule has 4 nitrogen and oxygen atoms in total. The van der Waals surface area contributed by atoms with Crippen LogP contribution in [0.3, 0.4) is 0 Å². The van der Waals surface area contributed by atoms with E-state index in [1.54, 1.807) is 0 Å². The van der Waals surface area contributed by atoms with E-state index >= 15 is 0 Å². The Labute approximate surface area is 98.8 Å². The van der Waals surface area contributed by atoms with Crippen molar-refractivity contribution in [1.82, 2.24) is 5.32 Å². The van der Waals surface area contributed by atoms with Gasteiger partial charge < -0.3 is 14.6 Å². The SMILES string of the molecule is O=c1oc2ccccc2cc1N1CCNCC1. The zero-order chi connectivity index (χ0) is 11.7. The third kappa shape index (κ3) is 1.91. The van der Waals surface area contributed by atoms with Gasteiger partial charge in [-0.3, -0.25) is 0 Å². The Kier molecular flexibility index (Phi) is 2.57. The molecule has 1 aromatic heterocycles. The van der Waals surface area contributed by atoms with Crippen LogP contribution in [-0.2, 0) is 0 Å². The maximum Gasteiger partial charge on any atom is 0.360 e. The van der Waals surface area contributed by atoms with Crippen molar-refractivity contribution in [2.75, 3.05) is 31.1 Å². The Bertz CT molecular complexity index is 585. The highest BCUT2D eigenvalue weighted by Gasteiger charge is 2.15. The van der Waals surface area contributed by atoms with Crippen LogP contribution in [0.2, 0.25) is 0 Å². The Balaban J connectivity index is 2.09. The first-order valence-corrected chi connectivity index (χ1v) is 5.83. The fourth-order valence-corrected chi connectivity index (χ4v) is 2.18. The van der Waals surface area contributed by atoms with Gasteiger partial charge in [0.2, 0.25) is 0 Å². The summed E-state index contributed by atoms with van der Waals surface area (Å²) in [5.41, 5.74) is 1.08. The van der Waals surface area contributed by atoms with Crippen LogP contribution in [0, 0.1) is 0 Å². The molecule has 0 atom stereocenters. The summed E-state index contributed by atoms with van der Waals surface area (Å²) in [6.45, 7) is 3.52. The van der Waals surface area contributed by atoms with Crippen LogP contribution >= 0.6 is 0 Å². The summed E-state index contributed by atoms with van der Waals surface area (Å²) in [4.78, 5) is 14.0. The van der Waals surface area contributed by atoms with Gasteiger partial charge in [-0.1, -0.05) is 18.2 Å². The van der Waals surface area contributed by atoms with Crippen molar-refractivity contribution in [3.63, 3.8) is 0 Å². The van der Waals surface area contributed by atoms with Crippen molar-refractivity contribution in [2.24, 2.45) is 0 Å². The van der Waals surface area contributed by atoms with Crippen molar-refractivity contribution >= 4 is 16.7 Å². The van der Waals surface area contributed by atoms with Gasteiger partial charge in [-0.15, -0.1) is 0 Å². The molecule has 3 rings (SSSR count). The fourth-order valence-electron chi connectivity index (χ4n) is 2.18. The van der Waals surface area contributed by atoms with Gasteiger partial charge in [-0.05, 0) is 12.1 Å². The molecule has 0 aliphatic carbocycles. The Morgan fingerprint density at radius 3 is 2.76 bits per heavy atom. The van der Waals surface area contributed by atoms with Crippen LogP contribution in [0.4, 0.5) is 5.69 Å². The predicted octanol–water partition coefficient (Wildman–Crippen LogP) is 1.20. The van der Waals surface area contributed by atoms with Gasteiger partial charge in [0.05, 0.1) is 0 Å². The van der Waals surface area contributed by atoms with Gasteiger partial charge in [-0.25, -0.2) is 4.79 Å². The smallest absolute Gasteiger partial charge is 0.360 e. The molecule has 88 valence electrons. The number of fused-ring (bicyclic) bond motifs is 1. The van der Waals surface area contributed by atoms with Gasteiger partial charge in [0.1, 0.15) is 11.3 Å². The largest absolute Gasteiger partial charge is 0.421 e. The molecule has 0 unspecified atom stereocenters. The third-order valence-electron chi connectivity index (χ3n) is 3.08. The molecule has 1 aromatic carbocycles. The van der Waals surface area contributed by atoms with Crippen molar-refractivity contribution in [1.29, 1.82) is 0 Å². The van der Waals surface area contributed by atoms with Crippen molar-refractivity contribution < 1.29 is 4.42 Å². The number of rotatable bonds is 1. The van der Waals surface area contributed by atoms with Gasteiger partial charge in [0.25, 0.3) is 0 Å². The molecule has 0 spiro atoms. The molecule has 1 aliphatic rings. The quantitative estimate of drug-likeness (QED) is 0.748. The molecular formula is C13H14N2O2. The maximum absolute atomic E-state index is 11.9. The van der Waals surface area contributed by atoms with Crippen molar-refractivity contribution in [3.8, 4) is 0 Å². The second-order valence-corrected chi connectivity index (χ2v) is 4.19. The van der Waals surface area contributed by atoms with Crippen LogP contribution in [0.5, 0.6) is 0 Å². The van der Waals surface area contributed by atoms with Crippen LogP contribution in [0.1, 0.15) is 0 Å². The molecule has 1 saturated heterocycles. The molecule has 1 fully saturated rings. The van der Waals surface area contributed by atoms with E-state index in [1.165, 1.54) is 0 Å². The summed E-state index contributed by atoms with van der Waals surface area (Å²) in [6.07, 6.45) is 0. The van der Waals surface area contributed by atoms with Crippen LogP contribution in [0.15, 0.2) is 39.5 Å². The maximum atomic E-state index is 11.9. The van der Waals surface area contributed by atoms with Crippen molar-refractivity contribution in [2.45, 2.75) is 0 Å². The van der Waals surface area contributed by atoms with E-state index in [9.17, 15) is 4.79 Å². The Morgan fingerprint density at radius 2 is 1.94 bits per heavy atom. The van der Waals surface area contributed by atoms with Gasteiger partial charge >= 0.3 is 5.63 Å². The van der Waals surface area contributed by atoms with Crippen LogP contribution in [-0.4, -0.2) is 26.2 Å². The molecular weight excluding hydrogens is 216 g/mol. The minimum absolute atomic E-state index is 0.245. The fraction of sp³-hybridized carbons (Fsp3) is 0.308. The molecule has 0 saturated carbocycles. The lowest BCUT2D eigenvalue weighted by Gasteiger charge is -2.28. The van der Waals surface area contributed by atoms with Crippen molar-refractivity contribution in [3.05, 3.63) is 40.8 Å². The molecule has 0 radical (unpaired) electrons. The molecule has 1 N–H and O–H groups in total. The second kappa shape index (κ2) is 4.22. The minimum Gasteiger partial charge on any atom is -0.421 e. The lowest BCUT2D eigenvalue weighted by Crippen LogP contribution is -2.45. The number of benzene rings is 1. The molecule has 1 aliphatic heterocycles. The summed E-state index contributed by atoms with van der Waals surface area (Å²) in [5.74, 6) is 0. The van der Waals surface area contributed by atoms with E-state index in [1.807, 2.05) is 30.3 Å². The number of hydrogen-bond donors (Lipinski definition) is 1. The minimum atomic E-state index is -0.245. The number of para-hydroxylation sites is 1. The highest BCUT2D eigenvalue weighted by Crippen LogP contribution is 2.18.